The minimum absolute atomic E-state index is 0.633. The molecule has 0 aromatic heterocycles. The van der Waals surface area contributed by atoms with E-state index in [9.17, 15) is 0 Å². The topological polar surface area (TPSA) is 0 Å². The van der Waals surface area contributed by atoms with E-state index in [1.54, 1.807) is 0 Å². The zero-order chi connectivity index (χ0) is 7.78. The monoisotopic (exact) mass is 140 g/mol. The zero-order valence-corrected chi connectivity index (χ0v) is 7.78. The maximum Gasteiger partial charge on any atom is -0.0323 e. The van der Waals surface area contributed by atoms with Crippen molar-refractivity contribution in [3.05, 3.63) is 0 Å². The molecule has 0 aliphatic heterocycles. The first-order valence-electron chi connectivity index (χ1n) is 4.54. The van der Waals surface area contributed by atoms with Gasteiger partial charge in [0, 0.05) is 0 Å². The molecule has 60 valence electrons. The molecule has 0 bridgehead atoms. The Hall–Kier alpha value is 0. The molecule has 10 heavy (non-hydrogen) atoms. The van der Waals surface area contributed by atoms with Crippen LogP contribution in [0.2, 0.25) is 0 Å². The lowest BCUT2D eigenvalue weighted by molar-refractivity contribution is 0.199. The summed E-state index contributed by atoms with van der Waals surface area (Å²) in [6.07, 6.45) is 4.36. The molecule has 0 unspecified atom stereocenters. The van der Waals surface area contributed by atoms with Crippen LogP contribution in [0.15, 0.2) is 0 Å². The van der Waals surface area contributed by atoms with Crippen LogP contribution >= 0.6 is 0 Å². The van der Waals surface area contributed by atoms with E-state index < -0.39 is 0 Å². The lowest BCUT2D eigenvalue weighted by atomic mass is 9.76. The normalized spacial score (nSPS) is 31.5. The van der Waals surface area contributed by atoms with Gasteiger partial charge in [0.2, 0.25) is 0 Å². The smallest absolute Gasteiger partial charge is 0.0323 e. The van der Waals surface area contributed by atoms with E-state index in [1.165, 1.54) is 19.3 Å². The highest BCUT2D eigenvalue weighted by Crippen LogP contribution is 2.46. The molecule has 0 radical (unpaired) electrons. The minimum Gasteiger partial charge on any atom is -0.0625 e. The standard InChI is InChI=1S/C10H20/c1-8(2)9-6-5-7-10(9,3)4/h8-9H,5-7H2,1-4H3/t9-/m1/s1. The SMILES string of the molecule is CC(C)[C@H]1CCCC1(C)C. The van der Waals surface area contributed by atoms with Gasteiger partial charge in [-0.25, -0.2) is 0 Å². The third-order valence-corrected chi connectivity index (χ3v) is 3.14. The summed E-state index contributed by atoms with van der Waals surface area (Å²) in [5, 5.41) is 0. The van der Waals surface area contributed by atoms with E-state index >= 15 is 0 Å². The van der Waals surface area contributed by atoms with Crippen molar-refractivity contribution in [2.75, 3.05) is 0 Å². The minimum atomic E-state index is 0.633. The predicted molar refractivity (Wildman–Crippen MR) is 46.0 cm³/mol. The average Bonchev–Trinajstić information content (AvgIpc) is 2.08. The molecule has 1 atom stereocenters. The Morgan fingerprint density at radius 2 is 1.90 bits per heavy atom. The molecule has 0 heterocycles. The number of hydrogen-bond acceptors (Lipinski definition) is 0. The van der Waals surface area contributed by atoms with Crippen LogP contribution in [-0.2, 0) is 0 Å². The first kappa shape index (κ1) is 8.10. The highest BCUT2D eigenvalue weighted by Gasteiger charge is 2.35. The molecule has 0 nitrogen and oxygen atoms in total. The van der Waals surface area contributed by atoms with Crippen LogP contribution in [0.5, 0.6) is 0 Å². The van der Waals surface area contributed by atoms with Gasteiger partial charge in [-0.2, -0.15) is 0 Å². The molecule has 0 saturated heterocycles. The van der Waals surface area contributed by atoms with Crippen molar-refractivity contribution in [1.82, 2.24) is 0 Å². The molecule has 1 saturated carbocycles. The van der Waals surface area contributed by atoms with Gasteiger partial charge in [0.25, 0.3) is 0 Å². The van der Waals surface area contributed by atoms with E-state index in [-0.39, 0.29) is 0 Å². The molecular formula is C10H20. The molecule has 0 N–H and O–H groups in total. The fourth-order valence-corrected chi connectivity index (χ4v) is 2.59. The summed E-state index contributed by atoms with van der Waals surface area (Å²) < 4.78 is 0. The molecule has 1 aliphatic carbocycles. The van der Waals surface area contributed by atoms with Crippen LogP contribution < -0.4 is 0 Å². The molecule has 0 spiro atoms. The summed E-state index contributed by atoms with van der Waals surface area (Å²) in [6.45, 7) is 9.56. The lowest BCUT2D eigenvalue weighted by Crippen LogP contribution is -2.21. The molecular weight excluding hydrogens is 120 g/mol. The largest absolute Gasteiger partial charge is 0.0625 e. The Morgan fingerprint density at radius 3 is 2.10 bits per heavy atom. The van der Waals surface area contributed by atoms with Crippen molar-refractivity contribution < 1.29 is 0 Å². The van der Waals surface area contributed by atoms with Crippen molar-refractivity contribution in [3.8, 4) is 0 Å². The fraction of sp³-hybridized carbons (Fsp3) is 1.00. The van der Waals surface area contributed by atoms with Crippen molar-refractivity contribution in [2.45, 2.75) is 47.0 Å². The third kappa shape index (κ3) is 1.36. The molecule has 1 rings (SSSR count). The van der Waals surface area contributed by atoms with Gasteiger partial charge >= 0.3 is 0 Å². The van der Waals surface area contributed by atoms with Gasteiger partial charge in [-0.15, -0.1) is 0 Å². The summed E-state index contributed by atoms with van der Waals surface area (Å²) in [4.78, 5) is 0. The Labute approximate surface area is 65.0 Å². The molecule has 1 aliphatic rings. The second-order valence-corrected chi connectivity index (χ2v) is 4.73. The van der Waals surface area contributed by atoms with E-state index in [1.807, 2.05) is 0 Å². The number of rotatable bonds is 1. The summed E-state index contributed by atoms with van der Waals surface area (Å²) in [7, 11) is 0. The first-order valence-corrected chi connectivity index (χ1v) is 4.54. The number of hydrogen-bond donors (Lipinski definition) is 0. The summed E-state index contributed by atoms with van der Waals surface area (Å²) in [6, 6.07) is 0. The van der Waals surface area contributed by atoms with Crippen LogP contribution in [0.1, 0.15) is 47.0 Å². The van der Waals surface area contributed by atoms with Gasteiger partial charge in [0.05, 0.1) is 0 Å². The molecule has 0 aromatic rings. The molecule has 0 heteroatoms. The highest BCUT2D eigenvalue weighted by molar-refractivity contribution is 4.86. The molecule has 0 amide bonds. The lowest BCUT2D eigenvalue weighted by Gasteiger charge is -2.30. The van der Waals surface area contributed by atoms with Gasteiger partial charge in [0.15, 0.2) is 0 Å². The van der Waals surface area contributed by atoms with Crippen molar-refractivity contribution in [3.63, 3.8) is 0 Å². The van der Waals surface area contributed by atoms with Crippen LogP contribution in [0.3, 0.4) is 0 Å². The first-order chi connectivity index (χ1) is 4.54. The predicted octanol–water partition coefficient (Wildman–Crippen LogP) is 3.47. The molecule has 1 fully saturated rings. The highest BCUT2D eigenvalue weighted by atomic mass is 14.4. The van der Waals surface area contributed by atoms with Gasteiger partial charge in [-0.3, -0.25) is 0 Å². The summed E-state index contributed by atoms with van der Waals surface area (Å²) >= 11 is 0. The van der Waals surface area contributed by atoms with Gasteiger partial charge in [-0.05, 0) is 30.1 Å². The fourth-order valence-electron chi connectivity index (χ4n) is 2.59. The molecule has 0 aromatic carbocycles. The van der Waals surface area contributed by atoms with Crippen LogP contribution in [-0.4, -0.2) is 0 Å². The Kier molecular flexibility index (Phi) is 2.07. The average molecular weight is 140 g/mol. The third-order valence-electron chi connectivity index (χ3n) is 3.14. The van der Waals surface area contributed by atoms with E-state index in [0.29, 0.717) is 5.41 Å². The van der Waals surface area contributed by atoms with E-state index in [2.05, 4.69) is 27.7 Å². The Morgan fingerprint density at radius 1 is 1.30 bits per heavy atom. The van der Waals surface area contributed by atoms with Crippen LogP contribution in [0.25, 0.3) is 0 Å². The van der Waals surface area contributed by atoms with Crippen molar-refractivity contribution in [2.24, 2.45) is 17.3 Å². The van der Waals surface area contributed by atoms with Crippen molar-refractivity contribution >= 4 is 0 Å². The van der Waals surface area contributed by atoms with Gasteiger partial charge in [-0.1, -0.05) is 34.1 Å². The summed E-state index contributed by atoms with van der Waals surface area (Å²) in [5.74, 6) is 1.87. The summed E-state index contributed by atoms with van der Waals surface area (Å²) in [5.41, 5.74) is 0.633. The van der Waals surface area contributed by atoms with Crippen LogP contribution in [0, 0.1) is 17.3 Å². The maximum atomic E-state index is 2.42. The second-order valence-electron chi connectivity index (χ2n) is 4.73. The van der Waals surface area contributed by atoms with E-state index in [4.69, 9.17) is 0 Å². The van der Waals surface area contributed by atoms with Gasteiger partial charge in [0.1, 0.15) is 0 Å². The van der Waals surface area contributed by atoms with Gasteiger partial charge < -0.3 is 0 Å². The van der Waals surface area contributed by atoms with E-state index in [0.717, 1.165) is 11.8 Å². The Balaban J connectivity index is 2.59. The second kappa shape index (κ2) is 2.56. The Bertz CT molecular complexity index is 111. The maximum absolute atomic E-state index is 2.42. The van der Waals surface area contributed by atoms with Crippen LogP contribution in [0.4, 0.5) is 0 Å². The quantitative estimate of drug-likeness (QED) is 0.523. The zero-order valence-electron chi connectivity index (χ0n) is 7.78. The van der Waals surface area contributed by atoms with Crippen molar-refractivity contribution in [1.29, 1.82) is 0 Å².